The van der Waals surface area contributed by atoms with Crippen molar-refractivity contribution in [2.75, 3.05) is 31.2 Å². The molecule has 112 valence electrons. The van der Waals surface area contributed by atoms with Crippen LogP contribution in [0, 0.1) is 0 Å². The maximum atomic E-state index is 5.99. The highest BCUT2D eigenvalue weighted by molar-refractivity contribution is 6.33. The van der Waals surface area contributed by atoms with Crippen molar-refractivity contribution >= 4 is 23.0 Å². The minimum Gasteiger partial charge on any atom is -0.396 e. The average Bonchev–Trinajstić information content (AvgIpc) is 2.49. The molecule has 0 aromatic heterocycles. The van der Waals surface area contributed by atoms with E-state index in [9.17, 15) is 0 Å². The van der Waals surface area contributed by atoms with E-state index in [1.54, 1.807) is 6.07 Å². The number of nitrogens with two attached hydrogens (primary N) is 1. The van der Waals surface area contributed by atoms with Gasteiger partial charge in [0.05, 0.1) is 16.4 Å². The number of hydrogen-bond acceptors (Lipinski definition) is 3. The third-order valence-electron chi connectivity index (χ3n) is 3.38. The highest BCUT2D eigenvalue weighted by atomic mass is 35.5. The lowest BCUT2D eigenvalue weighted by Gasteiger charge is -2.17. The zero-order chi connectivity index (χ0) is 15.1. The standard InChI is InChI=1S/C17H22ClN3/c1-21(13-14-7-3-2-4-8-14)12-6-11-20-16-10-5-9-15(18)17(16)19/h2-5,7-10,20H,6,11-13,19H2,1H3. The minimum absolute atomic E-state index is 0.598. The summed E-state index contributed by atoms with van der Waals surface area (Å²) in [7, 11) is 2.14. The van der Waals surface area contributed by atoms with Crippen molar-refractivity contribution < 1.29 is 0 Å². The van der Waals surface area contributed by atoms with E-state index in [0.29, 0.717) is 10.7 Å². The molecule has 21 heavy (non-hydrogen) atoms. The third kappa shape index (κ3) is 4.96. The lowest BCUT2D eigenvalue weighted by atomic mass is 10.2. The van der Waals surface area contributed by atoms with Crippen LogP contribution in [0.1, 0.15) is 12.0 Å². The summed E-state index contributed by atoms with van der Waals surface area (Å²) in [6.45, 7) is 2.88. The molecule has 0 aliphatic rings. The predicted octanol–water partition coefficient (Wildman–Crippen LogP) is 3.86. The summed E-state index contributed by atoms with van der Waals surface area (Å²) in [4.78, 5) is 2.32. The molecule has 2 aromatic rings. The number of nitrogen functional groups attached to an aromatic ring is 1. The monoisotopic (exact) mass is 303 g/mol. The van der Waals surface area contributed by atoms with Crippen LogP contribution in [0.2, 0.25) is 5.02 Å². The summed E-state index contributed by atoms with van der Waals surface area (Å²) >= 11 is 5.99. The van der Waals surface area contributed by atoms with Crippen LogP contribution < -0.4 is 11.1 Å². The zero-order valence-corrected chi connectivity index (χ0v) is 13.1. The van der Waals surface area contributed by atoms with E-state index in [-0.39, 0.29) is 0 Å². The van der Waals surface area contributed by atoms with E-state index >= 15 is 0 Å². The van der Waals surface area contributed by atoms with Gasteiger partial charge in [-0.05, 0) is 37.7 Å². The summed E-state index contributed by atoms with van der Waals surface area (Å²) in [5.41, 5.74) is 8.79. The Labute approximate surface area is 131 Å². The molecule has 0 heterocycles. The Morgan fingerprint density at radius 1 is 1.10 bits per heavy atom. The molecule has 0 amide bonds. The first kappa shape index (κ1) is 15.7. The maximum Gasteiger partial charge on any atom is 0.0739 e. The molecule has 0 bridgehead atoms. The first-order valence-electron chi connectivity index (χ1n) is 7.17. The van der Waals surface area contributed by atoms with E-state index in [2.05, 4.69) is 41.5 Å². The zero-order valence-electron chi connectivity index (χ0n) is 12.3. The SMILES string of the molecule is CN(CCCNc1cccc(Cl)c1N)Cc1ccccc1. The number of halogens is 1. The molecule has 4 heteroatoms. The highest BCUT2D eigenvalue weighted by Gasteiger charge is 2.03. The van der Waals surface area contributed by atoms with Crippen molar-refractivity contribution in [3.63, 3.8) is 0 Å². The van der Waals surface area contributed by atoms with Crippen LogP contribution in [0.15, 0.2) is 48.5 Å². The van der Waals surface area contributed by atoms with Gasteiger partial charge in [0.15, 0.2) is 0 Å². The largest absolute Gasteiger partial charge is 0.396 e. The van der Waals surface area contributed by atoms with Crippen LogP contribution >= 0.6 is 11.6 Å². The highest BCUT2D eigenvalue weighted by Crippen LogP contribution is 2.26. The van der Waals surface area contributed by atoms with Gasteiger partial charge in [-0.2, -0.15) is 0 Å². The Morgan fingerprint density at radius 3 is 2.62 bits per heavy atom. The Hall–Kier alpha value is -1.71. The van der Waals surface area contributed by atoms with Gasteiger partial charge in [0.1, 0.15) is 0 Å². The van der Waals surface area contributed by atoms with Gasteiger partial charge < -0.3 is 16.0 Å². The summed E-state index contributed by atoms with van der Waals surface area (Å²) in [6, 6.07) is 16.2. The molecule has 0 unspecified atom stereocenters. The molecule has 0 aliphatic carbocycles. The van der Waals surface area contributed by atoms with E-state index in [1.165, 1.54) is 5.56 Å². The van der Waals surface area contributed by atoms with Crippen LogP contribution in [0.25, 0.3) is 0 Å². The Bertz CT molecular complexity index is 557. The van der Waals surface area contributed by atoms with Gasteiger partial charge in [-0.15, -0.1) is 0 Å². The maximum absolute atomic E-state index is 5.99. The van der Waals surface area contributed by atoms with Crippen molar-refractivity contribution in [3.05, 3.63) is 59.1 Å². The molecule has 2 aromatic carbocycles. The van der Waals surface area contributed by atoms with Gasteiger partial charge >= 0.3 is 0 Å². The van der Waals surface area contributed by atoms with E-state index in [1.807, 2.05) is 18.2 Å². The summed E-state index contributed by atoms with van der Waals surface area (Å²) in [5.74, 6) is 0. The lowest BCUT2D eigenvalue weighted by Crippen LogP contribution is -2.21. The molecule has 0 fully saturated rings. The molecule has 3 nitrogen and oxygen atoms in total. The number of rotatable bonds is 7. The lowest BCUT2D eigenvalue weighted by molar-refractivity contribution is 0.325. The Morgan fingerprint density at radius 2 is 1.86 bits per heavy atom. The summed E-state index contributed by atoms with van der Waals surface area (Å²) in [6.07, 6.45) is 1.05. The number of hydrogen-bond donors (Lipinski definition) is 2. The van der Waals surface area contributed by atoms with Crippen LogP contribution in [0.3, 0.4) is 0 Å². The number of anilines is 2. The quantitative estimate of drug-likeness (QED) is 0.603. The van der Waals surface area contributed by atoms with Crippen molar-refractivity contribution in [3.8, 4) is 0 Å². The smallest absolute Gasteiger partial charge is 0.0739 e. The normalized spacial score (nSPS) is 10.8. The van der Waals surface area contributed by atoms with E-state index in [4.69, 9.17) is 17.3 Å². The molecule has 0 atom stereocenters. The fourth-order valence-corrected chi connectivity index (χ4v) is 2.41. The first-order valence-corrected chi connectivity index (χ1v) is 7.55. The fourth-order valence-electron chi connectivity index (χ4n) is 2.24. The van der Waals surface area contributed by atoms with Gasteiger partial charge in [-0.3, -0.25) is 0 Å². The van der Waals surface area contributed by atoms with Gasteiger partial charge in [0.25, 0.3) is 0 Å². The average molecular weight is 304 g/mol. The van der Waals surface area contributed by atoms with Gasteiger partial charge in [-0.1, -0.05) is 48.0 Å². The molecule has 0 radical (unpaired) electrons. The molecule has 0 spiro atoms. The predicted molar refractivity (Wildman–Crippen MR) is 91.7 cm³/mol. The molecule has 0 saturated carbocycles. The van der Waals surface area contributed by atoms with Gasteiger partial charge in [0, 0.05) is 13.1 Å². The van der Waals surface area contributed by atoms with Crippen molar-refractivity contribution in [1.29, 1.82) is 0 Å². The molecule has 0 aliphatic heterocycles. The molecule has 3 N–H and O–H groups in total. The Balaban J connectivity index is 1.71. The van der Waals surface area contributed by atoms with Gasteiger partial charge in [-0.25, -0.2) is 0 Å². The van der Waals surface area contributed by atoms with Crippen LogP contribution in [0.4, 0.5) is 11.4 Å². The topological polar surface area (TPSA) is 41.3 Å². The van der Waals surface area contributed by atoms with Crippen molar-refractivity contribution in [2.24, 2.45) is 0 Å². The minimum atomic E-state index is 0.598. The van der Waals surface area contributed by atoms with E-state index < -0.39 is 0 Å². The second-order valence-corrected chi connectivity index (χ2v) is 5.61. The number of benzene rings is 2. The number of para-hydroxylation sites is 1. The van der Waals surface area contributed by atoms with Crippen LogP contribution in [-0.2, 0) is 6.54 Å². The Kier molecular flexibility index (Phi) is 5.90. The molecule has 0 saturated heterocycles. The molecular weight excluding hydrogens is 282 g/mol. The van der Waals surface area contributed by atoms with Crippen molar-refractivity contribution in [2.45, 2.75) is 13.0 Å². The number of nitrogens with zero attached hydrogens (tertiary/aromatic N) is 1. The van der Waals surface area contributed by atoms with Crippen LogP contribution in [-0.4, -0.2) is 25.0 Å². The van der Waals surface area contributed by atoms with Crippen molar-refractivity contribution in [1.82, 2.24) is 4.90 Å². The van der Waals surface area contributed by atoms with E-state index in [0.717, 1.165) is 31.7 Å². The molecular formula is C17H22ClN3. The first-order chi connectivity index (χ1) is 10.2. The van der Waals surface area contributed by atoms with Gasteiger partial charge in [0.2, 0.25) is 0 Å². The molecule has 2 rings (SSSR count). The van der Waals surface area contributed by atoms with Crippen LogP contribution in [0.5, 0.6) is 0 Å². The number of nitrogens with one attached hydrogen (secondary N) is 1. The summed E-state index contributed by atoms with van der Waals surface area (Å²) < 4.78 is 0. The summed E-state index contributed by atoms with van der Waals surface area (Å²) in [5, 5.41) is 3.94. The fraction of sp³-hybridized carbons (Fsp3) is 0.294. The second kappa shape index (κ2) is 7.91. The third-order valence-corrected chi connectivity index (χ3v) is 3.71. The second-order valence-electron chi connectivity index (χ2n) is 5.20.